The molecular formula is C24H17NO. The van der Waals surface area contributed by atoms with Gasteiger partial charge in [-0.25, -0.2) is 0 Å². The molecule has 26 heavy (non-hydrogen) atoms. The highest BCUT2D eigenvalue weighted by atomic mass is 16.3. The van der Waals surface area contributed by atoms with Crippen LogP contribution in [0.15, 0.2) is 95.4 Å². The number of hydrogen-bond acceptors (Lipinski definition) is 2. The summed E-state index contributed by atoms with van der Waals surface area (Å²) in [5.41, 5.74) is 13.4. The number of furan rings is 1. The van der Waals surface area contributed by atoms with Crippen molar-refractivity contribution in [2.45, 2.75) is 0 Å². The Balaban J connectivity index is 1.95. The van der Waals surface area contributed by atoms with Crippen LogP contribution in [0.25, 0.3) is 44.2 Å². The quantitative estimate of drug-likeness (QED) is 0.374. The Morgan fingerprint density at radius 1 is 0.615 bits per heavy atom. The van der Waals surface area contributed by atoms with Gasteiger partial charge in [-0.3, -0.25) is 0 Å². The molecule has 0 atom stereocenters. The van der Waals surface area contributed by atoms with Crippen molar-refractivity contribution >= 4 is 27.6 Å². The van der Waals surface area contributed by atoms with Crippen LogP contribution in [-0.4, -0.2) is 0 Å². The molecule has 0 unspecified atom stereocenters. The normalized spacial score (nSPS) is 11.2. The molecule has 0 radical (unpaired) electrons. The van der Waals surface area contributed by atoms with E-state index in [0.717, 1.165) is 49.9 Å². The molecule has 1 heterocycles. The fourth-order valence-electron chi connectivity index (χ4n) is 3.61. The number of anilines is 1. The van der Waals surface area contributed by atoms with E-state index in [-0.39, 0.29) is 0 Å². The van der Waals surface area contributed by atoms with Crippen molar-refractivity contribution in [2.24, 2.45) is 0 Å². The van der Waals surface area contributed by atoms with Gasteiger partial charge in [0.05, 0.1) is 11.1 Å². The van der Waals surface area contributed by atoms with Crippen molar-refractivity contribution in [3.63, 3.8) is 0 Å². The van der Waals surface area contributed by atoms with E-state index >= 15 is 0 Å². The second-order valence-electron chi connectivity index (χ2n) is 6.42. The molecule has 1 aromatic heterocycles. The summed E-state index contributed by atoms with van der Waals surface area (Å²) in [4.78, 5) is 0. The van der Waals surface area contributed by atoms with Crippen LogP contribution in [0, 0.1) is 0 Å². The second-order valence-corrected chi connectivity index (χ2v) is 6.42. The fourth-order valence-corrected chi connectivity index (χ4v) is 3.61. The van der Waals surface area contributed by atoms with E-state index in [0.29, 0.717) is 0 Å². The second kappa shape index (κ2) is 5.78. The van der Waals surface area contributed by atoms with Gasteiger partial charge in [0.15, 0.2) is 0 Å². The number of benzene rings is 4. The highest BCUT2D eigenvalue weighted by molar-refractivity contribution is 6.18. The molecule has 4 aromatic carbocycles. The molecule has 2 nitrogen and oxygen atoms in total. The summed E-state index contributed by atoms with van der Waals surface area (Å²) >= 11 is 0. The van der Waals surface area contributed by atoms with Crippen molar-refractivity contribution in [2.75, 3.05) is 5.73 Å². The third-order valence-corrected chi connectivity index (χ3v) is 4.86. The number of nitrogens with two attached hydrogens (primary N) is 1. The molecule has 0 fully saturated rings. The summed E-state index contributed by atoms with van der Waals surface area (Å²) in [5.74, 6) is 0. The Labute approximate surface area is 151 Å². The molecular weight excluding hydrogens is 318 g/mol. The molecule has 0 saturated heterocycles. The third-order valence-electron chi connectivity index (χ3n) is 4.86. The highest BCUT2D eigenvalue weighted by Gasteiger charge is 2.18. The highest BCUT2D eigenvalue weighted by Crippen LogP contribution is 2.43. The average molecular weight is 335 g/mol. The summed E-state index contributed by atoms with van der Waals surface area (Å²) in [7, 11) is 0. The first-order valence-corrected chi connectivity index (χ1v) is 8.67. The predicted octanol–water partition coefficient (Wildman–Crippen LogP) is 6.50. The van der Waals surface area contributed by atoms with E-state index in [2.05, 4.69) is 36.4 Å². The summed E-state index contributed by atoms with van der Waals surface area (Å²) in [6, 6.07) is 30.8. The van der Waals surface area contributed by atoms with Crippen LogP contribution in [0.4, 0.5) is 5.69 Å². The SMILES string of the molecule is Nc1c(-c2ccccc2)cc(-c2ccccc2)c2oc3ccccc3c12. The number of nitrogen functional groups attached to an aromatic ring is 1. The fraction of sp³-hybridized carbons (Fsp3) is 0. The Hall–Kier alpha value is -3.52. The first-order valence-electron chi connectivity index (χ1n) is 8.67. The van der Waals surface area contributed by atoms with Crippen LogP contribution in [0.3, 0.4) is 0 Å². The molecule has 0 aliphatic heterocycles. The lowest BCUT2D eigenvalue weighted by molar-refractivity contribution is 0.670. The molecule has 0 amide bonds. The Morgan fingerprint density at radius 3 is 1.88 bits per heavy atom. The first-order chi connectivity index (χ1) is 12.8. The van der Waals surface area contributed by atoms with Crippen molar-refractivity contribution < 1.29 is 4.42 Å². The van der Waals surface area contributed by atoms with E-state index in [1.807, 2.05) is 54.6 Å². The van der Waals surface area contributed by atoms with E-state index in [4.69, 9.17) is 10.2 Å². The lowest BCUT2D eigenvalue weighted by atomic mass is 9.94. The van der Waals surface area contributed by atoms with Crippen LogP contribution in [0.1, 0.15) is 0 Å². The Bertz CT molecular complexity index is 1220. The van der Waals surface area contributed by atoms with Crippen molar-refractivity contribution in [1.29, 1.82) is 0 Å². The molecule has 5 aromatic rings. The minimum Gasteiger partial charge on any atom is -0.455 e. The van der Waals surface area contributed by atoms with Crippen LogP contribution >= 0.6 is 0 Å². The minimum atomic E-state index is 0.760. The predicted molar refractivity (Wildman–Crippen MR) is 109 cm³/mol. The van der Waals surface area contributed by atoms with E-state index in [9.17, 15) is 0 Å². The zero-order valence-corrected chi connectivity index (χ0v) is 14.1. The summed E-state index contributed by atoms with van der Waals surface area (Å²) < 4.78 is 6.23. The van der Waals surface area contributed by atoms with E-state index < -0.39 is 0 Å². The van der Waals surface area contributed by atoms with Crippen LogP contribution in [-0.2, 0) is 0 Å². The van der Waals surface area contributed by atoms with Gasteiger partial charge < -0.3 is 10.2 Å². The van der Waals surface area contributed by atoms with Gasteiger partial charge >= 0.3 is 0 Å². The van der Waals surface area contributed by atoms with Gasteiger partial charge in [0.25, 0.3) is 0 Å². The lowest BCUT2D eigenvalue weighted by Gasteiger charge is -2.11. The van der Waals surface area contributed by atoms with Crippen LogP contribution in [0.2, 0.25) is 0 Å². The van der Waals surface area contributed by atoms with Gasteiger partial charge in [-0.1, -0.05) is 78.9 Å². The molecule has 2 heteroatoms. The number of rotatable bonds is 2. The van der Waals surface area contributed by atoms with Gasteiger partial charge in [-0.05, 0) is 23.3 Å². The average Bonchev–Trinajstić information content (AvgIpc) is 3.10. The van der Waals surface area contributed by atoms with Gasteiger partial charge in [-0.15, -0.1) is 0 Å². The zero-order chi connectivity index (χ0) is 17.5. The summed E-state index contributed by atoms with van der Waals surface area (Å²) in [6.45, 7) is 0. The number of para-hydroxylation sites is 1. The van der Waals surface area contributed by atoms with Crippen LogP contribution in [0.5, 0.6) is 0 Å². The van der Waals surface area contributed by atoms with E-state index in [1.165, 1.54) is 0 Å². The maximum Gasteiger partial charge on any atom is 0.145 e. The smallest absolute Gasteiger partial charge is 0.145 e. The number of hydrogen-bond donors (Lipinski definition) is 1. The maximum atomic E-state index is 6.65. The van der Waals surface area contributed by atoms with Crippen LogP contribution < -0.4 is 5.73 Å². The topological polar surface area (TPSA) is 39.2 Å². The standard InChI is InChI=1S/C24H17NO/c25-23-19(16-9-3-1-4-10-16)15-20(17-11-5-2-6-12-17)24-22(23)18-13-7-8-14-21(18)26-24/h1-15H,25H2. The van der Waals surface area contributed by atoms with Crippen molar-refractivity contribution in [1.82, 2.24) is 0 Å². The first kappa shape index (κ1) is 14.8. The summed E-state index contributed by atoms with van der Waals surface area (Å²) in [6.07, 6.45) is 0. The number of fused-ring (bicyclic) bond motifs is 3. The Morgan fingerprint density at radius 2 is 1.19 bits per heavy atom. The Kier molecular flexibility index (Phi) is 3.29. The maximum absolute atomic E-state index is 6.65. The summed E-state index contributed by atoms with van der Waals surface area (Å²) in [5, 5.41) is 2.04. The van der Waals surface area contributed by atoms with E-state index in [1.54, 1.807) is 0 Å². The lowest BCUT2D eigenvalue weighted by Crippen LogP contribution is -1.93. The van der Waals surface area contributed by atoms with Gasteiger partial charge in [0.1, 0.15) is 11.2 Å². The molecule has 5 rings (SSSR count). The van der Waals surface area contributed by atoms with Crippen molar-refractivity contribution in [3.05, 3.63) is 91.0 Å². The molecule has 0 bridgehead atoms. The van der Waals surface area contributed by atoms with Gasteiger partial charge in [0, 0.05) is 16.5 Å². The molecule has 0 spiro atoms. The monoisotopic (exact) mass is 335 g/mol. The zero-order valence-electron chi connectivity index (χ0n) is 14.1. The molecule has 0 aliphatic rings. The molecule has 0 saturated carbocycles. The molecule has 124 valence electrons. The minimum absolute atomic E-state index is 0.760. The molecule has 0 aliphatic carbocycles. The largest absolute Gasteiger partial charge is 0.455 e. The van der Waals surface area contributed by atoms with Crippen molar-refractivity contribution in [3.8, 4) is 22.3 Å². The third kappa shape index (κ3) is 2.20. The molecule has 2 N–H and O–H groups in total. The van der Waals surface area contributed by atoms with Gasteiger partial charge in [-0.2, -0.15) is 0 Å². The van der Waals surface area contributed by atoms with Gasteiger partial charge in [0.2, 0.25) is 0 Å².